The molecule has 5 nitrogen and oxygen atoms in total. The maximum Gasteiger partial charge on any atom is 0.226 e. The number of thiazole rings is 1. The summed E-state index contributed by atoms with van der Waals surface area (Å²) < 4.78 is 0. The van der Waals surface area contributed by atoms with E-state index in [1.165, 1.54) is 28.7 Å². The number of aryl methyl sites for hydroxylation is 1. The van der Waals surface area contributed by atoms with Gasteiger partial charge in [-0.25, -0.2) is 9.97 Å². The van der Waals surface area contributed by atoms with Crippen molar-refractivity contribution in [3.05, 3.63) is 57.6 Å². The van der Waals surface area contributed by atoms with Crippen LogP contribution in [0.5, 0.6) is 0 Å². The first-order chi connectivity index (χ1) is 15.0. The average Bonchev–Trinajstić information content (AvgIpc) is 3.21. The second kappa shape index (κ2) is 9.82. The Balaban J connectivity index is 1.34. The summed E-state index contributed by atoms with van der Waals surface area (Å²) in [5.41, 5.74) is 4.47. The van der Waals surface area contributed by atoms with E-state index in [1.54, 1.807) is 0 Å². The zero-order chi connectivity index (χ0) is 21.8. The second-order valence-corrected chi connectivity index (χ2v) is 9.92. The standard InChI is InChI=1S/C23H21ClN4OS2/c1-14-6-7-19-15(10-14)11-16(12-25)22(26-19)30-9-8-21(29)28-23-27-20(13-31-23)17-4-2-3-5-18(17)24/h2-5,11,13-14H,6-10H2,1H3,(H,27,28,29). The normalized spacial score (nSPS) is 15.2. The lowest BCUT2D eigenvalue weighted by atomic mass is 9.87. The number of thioether (sulfide) groups is 1. The molecule has 1 aromatic carbocycles. The highest BCUT2D eigenvalue weighted by Crippen LogP contribution is 2.31. The molecule has 0 fully saturated rings. The van der Waals surface area contributed by atoms with Crippen LogP contribution >= 0.6 is 34.7 Å². The number of fused-ring (bicyclic) bond motifs is 1. The van der Waals surface area contributed by atoms with Gasteiger partial charge in [0.2, 0.25) is 5.91 Å². The number of nitrogens with zero attached hydrogens (tertiary/aromatic N) is 3. The molecular formula is C23H21ClN4OS2. The molecule has 0 radical (unpaired) electrons. The quantitative estimate of drug-likeness (QED) is 0.450. The average molecular weight is 469 g/mol. The molecule has 31 heavy (non-hydrogen) atoms. The Labute approximate surface area is 194 Å². The lowest BCUT2D eigenvalue weighted by Crippen LogP contribution is -2.14. The van der Waals surface area contributed by atoms with Gasteiger partial charge in [0.25, 0.3) is 0 Å². The van der Waals surface area contributed by atoms with Crippen LogP contribution in [0.25, 0.3) is 11.3 Å². The highest BCUT2D eigenvalue weighted by molar-refractivity contribution is 7.99. The van der Waals surface area contributed by atoms with Crippen molar-refractivity contribution in [2.24, 2.45) is 5.92 Å². The van der Waals surface area contributed by atoms with Gasteiger partial charge in [-0.15, -0.1) is 23.1 Å². The molecule has 158 valence electrons. The number of nitrogens with one attached hydrogen (secondary N) is 1. The molecule has 1 atom stereocenters. The number of benzene rings is 1. The number of nitriles is 1. The van der Waals surface area contributed by atoms with E-state index >= 15 is 0 Å². The molecule has 0 saturated carbocycles. The number of halogens is 1. The fourth-order valence-electron chi connectivity index (χ4n) is 3.56. The smallest absolute Gasteiger partial charge is 0.226 e. The minimum absolute atomic E-state index is 0.113. The predicted octanol–water partition coefficient (Wildman–Crippen LogP) is 5.98. The minimum atomic E-state index is -0.113. The number of anilines is 1. The first-order valence-corrected chi connectivity index (χ1v) is 12.3. The molecule has 0 saturated heterocycles. The van der Waals surface area contributed by atoms with E-state index in [0.717, 1.165) is 41.2 Å². The third kappa shape index (κ3) is 5.27. The maximum absolute atomic E-state index is 12.4. The Morgan fingerprint density at radius 2 is 2.23 bits per heavy atom. The third-order valence-corrected chi connectivity index (χ3v) is 7.27. The largest absolute Gasteiger partial charge is 0.302 e. The summed E-state index contributed by atoms with van der Waals surface area (Å²) in [6.07, 6.45) is 3.37. The molecule has 0 spiro atoms. The Morgan fingerprint density at radius 3 is 3.03 bits per heavy atom. The summed E-state index contributed by atoms with van der Waals surface area (Å²) in [5, 5.41) is 16.1. The van der Waals surface area contributed by atoms with Crippen molar-refractivity contribution in [2.45, 2.75) is 37.6 Å². The van der Waals surface area contributed by atoms with E-state index in [2.05, 4.69) is 23.3 Å². The van der Waals surface area contributed by atoms with Crippen LogP contribution in [0.2, 0.25) is 5.02 Å². The molecule has 1 aliphatic carbocycles. The molecule has 1 amide bonds. The number of pyridine rings is 1. The maximum atomic E-state index is 12.4. The zero-order valence-corrected chi connectivity index (χ0v) is 19.4. The van der Waals surface area contributed by atoms with E-state index in [0.29, 0.717) is 33.8 Å². The van der Waals surface area contributed by atoms with Crippen molar-refractivity contribution < 1.29 is 4.79 Å². The van der Waals surface area contributed by atoms with Gasteiger partial charge in [-0.2, -0.15) is 5.26 Å². The Morgan fingerprint density at radius 1 is 1.39 bits per heavy atom. The molecule has 4 rings (SSSR count). The summed E-state index contributed by atoms with van der Waals surface area (Å²) in [6.45, 7) is 2.23. The first-order valence-electron chi connectivity index (χ1n) is 10.1. The van der Waals surface area contributed by atoms with Gasteiger partial charge in [0.15, 0.2) is 5.13 Å². The van der Waals surface area contributed by atoms with Crippen LogP contribution in [0.4, 0.5) is 5.13 Å². The fourth-order valence-corrected chi connectivity index (χ4v) is 5.44. The summed E-state index contributed by atoms with van der Waals surface area (Å²) in [5.74, 6) is 1.07. The SMILES string of the molecule is CC1CCc2nc(SCCC(=O)Nc3nc(-c4ccccc4Cl)cs3)c(C#N)cc2C1. The Bertz CT molecular complexity index is 1150. The number of hydrogen-bond acceptors (Lipinski definition) is 6. The van der Waals surface area contributed by atoms with Crippen LogP contribution in [0.1, 0.15) is 36.6 Å². The van der Waals surface area contributed by atoms with Crippen LogP contribution in [0, 0.1) is 17.2 Å². The monoisotopic (exact) mass is 468 g/mol. The Kier molecular flexibility index (Phi) is 6.91. The van der Waals surface area contributed by atoms with Gasteiger partial charge in [0.1, 0.15) is 11.1 Å². The van der Waals surface area contributed by atoms with Crippen molar-refractivity contribution in [1.29, 1.82) is 5.26 Å². The third-order valence-electron chi connectivity index (χ3n) is 5.19. The van der Waals surface area contributed by atoms with Gasteiger partial charge in [-0.05, 0) is 42.9 Å². The van der Waals surface area contributed by atoms with Crippen molar-refractivity contribution in [1.82, 2.24) is 9.97 Å². The molecule has 1 N–H and O–H groups in total. The molecule has 2 heterocycles. The topological polar surface area (TPSA) is 78.7 Å². The highest BCUT2D eigenvalue weighted by Gasteiger charge is 2.19. The minimum Gasteiger partial charge on any atom is -0.302 e. The number of aromatic nitrogens is 2. The summed E-state index contributed by atoms with van der Waals surface area (Å²) in [6, 6.07) is 11.7. The van der Waals surface area contributed by atoms with Gasteiger partial charge < -0.3 is 5.32 Å². The number of rotatable bonds is 6. The highest BCUT2D eigenvalue weighted by atomic mass is 35.5. The molecule has 1 unspecified atom stereocenters. The van der Waals surface area contributed by atoms with Gasteiger partial charge >= 0.3 is 0 Å². The predicted molar refractivity (Wildman–Crippen MR) is 127 cm³/mol. The van der Waals surface area contributed by atoms with Crippen molar-refractivity contribution in [2.75, 3.05) is 11.1 Å². The lowest BCUT2D eigenvalue weighted by Gasteiger charge is -2.21. The Hall–Kier alpha value is -2.40. The van der Waals surface area contributed by atoms with Crippen molar-refractivity contribution >= 4 is 45.7 Å². The molecular weight excluding hydrogens is 448 g/mol. The number of amides is 1. The van der Waals surface area contributed by atoms with E-state index in [4.69, 9.17) is 16.6 Å². The molecule has 2 aromatic heterocycles. The number of carbonyl (C=O) groups is 1. The van der Waals surface area contributed by atoms with E-state index in [1.807, 2.05) is 35.7 Å². The van der Waals surface area contributed by atoms with Crippen LogP contribution in [0.15, 0.2) is 40.7 Å². The van der Waals surface area contributed by atoms with Crippen molar-refractivity contribution in [3.8, 4) is 17.3 Å². The fraction of sp³-hybridized carbons (Fsp3) is 0.304. The molecule has 0 aliphatic heterocycles. The lowest BCUT2D eigenvalue weighted by molar-refractivity contribution is -0.115. The molecule has 1 aliphatic rings. The molecule has 0 bridgehead atoms. The van der Waals surface area contributed by atoms with Crippen LogP contribution in [-0.2, 0) is 17.6 Å². The van der Waals surface area contributed by atoms with E-state index in [9.17, 15) is 10.1 Å². The van der Waals surface area contributed by atoms with E-state index < -0.39 is 0 Å². The van der Waals surface area contributed by atoms with Gasteiger partial charge in [0.05, 0.1) is 11.3 Å². The summed E-state index contributed by atoms with van der Waals surface area (Å²) in [7, 11) is 0. The molecule has 3 aromatic rings. The van der Waals surface area contributed by atoms with Gasteiger partial charge in [-0.1, -0.05) is 36.7 Å². The van der Waals surface area contributed by atoms with Crippen LogP contribution in [-0.4, -0.2) is 21.6 Å². The van der Waals surface area contributed by atoms with Crippen LogP contribution in [0.3, 0.4) is 0 Å². The summed E-state index contributed by atoms with van der Waals surface area (Å²) in [4.78, 5) is 21.6. The first kappa shape index (κ1) is 21.8. The van der Waals surface area contributed by atoms with Gasteiger partial charge in [0, 0.05) is 33.8 Å². The number of hydrogen-bond donors (Lipinski definition) is 1. The zero-order valence-electron chi connectivity index (χ0n) is 17.0. The van der Waals surface area contributed by atoms with Crippen LogP contribution < -0.4 is 5.32 Å². The summed E-state index contributed by atoms with van der Waals surface area (Å²) >= 11 is 9.05. The van der Waals surface area contributed by atoms with E-state index in [-0.39, 0.29) is 5.91 Å². The number of carbonyl (C=O) groups excluding carboxylic acids is 1. The van der Waals surface area contributed by atoms with Gasteiger partial charge in [-0.3, -0.25) is 4.79 Å². The van der Waals surface area contributed by atoms with Crippen molar-refractivity contribution in [3.63, 3.8) is 0 Å². The second-order valence-electron chi connectivity index (χ2n) is 7.57. The molecule has 8 heteroatoms.